The number of Topliss-reactive ketones (excluding diaryl/α,β-unsaturated/α-hetero) is 1. The average molecular weight is 351 g/mol. The van der Waals surface area contributed by atoms with E-state index in [-0.39, 0.29) is 0 Å². The Bertz CT molecular complexity index is 615. The van der Waals surface area contributed by atoms with Crippen molar-refractivity contribution in [2.45, 2.75) is 38.6 Å². The fraction of sp³-hybridized carbons (Fsp3) is 0.500. The third-order valence-corrected chi connectivity index (χ3v) is 5.26. The van der Waals surface area contributed by atoms with Gasteiger partial charge in [0.05, 0.1) is 16.9 Å². The highest BCUT2D eigenvalue weighted by atomic mass is 79.9. The van der Waals surface area contributed by atoms with Gasteiger partial charge in [-0.2, -0.15) is 0 Å². The lowest BCUT2D eigenvalue weighted by molar-refractivity contribution is -0.112. The Labute approximate surface area is 133 Å². The number of hydrogen-bond donors (Lipinski definition) is 1. The zero-order chi connectivity index (χ0) is 15.1. The molecule has 3 rings (SSSR count). The number of nitrogens with zero attached hydrogens (tertiary/aromatic N) is 1. The van der Waals surface area contributed by atoms with Crippen LogP contribution in [0.25, 0.3) is 0 Å². The van der Waals surface area contributed by atoms with Gasteiger partial charge in [-0.3, -0.25) is 9.59 Å². The van der Waals surface area contributed by atoms with Gasteiger partial charge >= 0.3 is 0 Å². The molecule has 5 heteroatoms. The minimum absolute atomic E-state index is 0.453. The second kappa shape index (κ2) is 5.44. The molecule has 0 saturated heterocycles. The molecule has 1 amide bonds. The van der Waals surface area contributed by atoms with Gasteiger partial charge in [0, 0.05) is 17.6 Å². The first kappa shape index (κ1) is 14.6. The Kier molecular flexibility index (Phi) is 3.78. The van der Waals surface area contributed by atoms with Gasteiger partial charge in [0.25, 0.3) is 11.7 Å². The Balaban J connectivity index is 1.91. The lowest BCUT2D eigenvalue weighted by Crippen LogP contribution is -2.35. The van der Waals surface area contributed by atoms with Crippen LogP contribution in [-0.4, -0.2) is 24.8 Å². The van der Waals surface area contributed by atoms with Gasteiger partial charge in [0.15, 0.2) is 0 Å². The molecule has 1 aliphatic heterocycles. The summed E-state index contributed by atoms with van der Waals surface area (Å²) in [5.74, 6) is -0.241. The molecule has 0 radical (unpaired) electrons. The third kappa shape index (κ3) is 2.59. The van der Waals surface area contributed by atoms with Crippen LogP contribution in [0.2, 0.25) is 0 Å². The summed E-state index contributed by atoms with van der Waals surface area (Å²) in [5.41, 5.74) is 2.11. The first-order valence-electron chi connectivity index (χ1n) is 7.39. The van der Waals surface area contributed by atoms with E-state index in [2.05, 4.69) is 40.1 Å². The number of carbonyl (C=O) groups excluding carboxylic acids is 2. The number of rotatable bonds is 2. The van der Waals surface area contributed by atoms with Crippen LogP contribution >= 0.6 is 15.9 Å². The molecule has 1 N–H and O–H groups in total. The number of benzene rings is 1. The van der Waals surface area contributed by atoms with Crippen molar-refractivity contribution in [1.82, 2.24) is 0 Å². The number of anilines is 2. The summed E-state index contributed by atoms with van der Waals surface area (Å²) in [5, 5.41) is 2.65. The van der Waals surface area contributed by atoms with Crippen LogP contribution in [-0.2, 0) is 4.79 Å². The fourth-order valence-electron chi connectivity index (χ4n) is 3.38. The van der Waals surface area contributed by atoms with Crippen molar-refractivity contribution < 1.29 is 9.59 Å². The van der Waals surface area contributed by atoms with Crippen LogP contribution in [0.15, 0.2) is 16.6 Å². The smallest absolute Gasteiger partial charge is 0.296 e. The summed E-state index contributed by atoms with van der Waals surface area (Å²) >= 11 is 3.55. The zero-order valence-electron chi connectivity index (χ0n) is 12.3. The van der Waals surface area contributed by atoms with Crippen LogP contribution in [0.1, 0.15) is 43.0 Å². The molecule has 1 saturated carbocycles. The van der Waals surface area contributed by atoms with Crippen molar-refractivity contribution >= 4 is 39.0 Å². The summed E-state index contributed by atoms with van der Waals surface area (Å²) in [7, 11) is 2.09. The van der Waals surface area contributed by atoms with Crippen LogP contribution in [0.4, 0.5) is 11.4 Å². The van der Waals surface area contributed by atoms with Crippen LogP contribution < -0.4 is 10.2 Å². The van der Waals surface area contributed by atoms with E-state index in [1.165, 1.54) is 25.7 Å². The number of fused-ring (bicyclic) bond motifs is 1. The number of ketones is 1. The first-order valence-corrected chi connectivity index (χ1v) is 8.18. The van der Waals surface area contributed by atoms with Crippen molar-refractivity contribution in [1.29, 1.82) is 0 Å². The second-order valence-electron chi connectivity index (χ2n) is 6.17. The van der Waals surface area contributed by atoms with Crippen LogP contribution in [0.3, 0.4) is 0 Å². The number of nitrogens with one attached hydrogen (secondary N) is 1. The predicted octanol–water partition coefficient (Wildman–Crippen LogP) is 3.60. The van der Waals surface area contributed by atoms with E-state index in [1.54, 1.807) is 6.07 Å². The molecule has 1 aromatic rings. The lowest BCUT2D eigenvalue weighted by atomic mass is 9.86. The van der Waals surface area contributed by atoms with E-state index in [0.29, 0.717) is 17.3 Å². The predicted molar refractivity (Wildman–Crippen MR) is 86.9 cm³/mol. The summed E-state index contributed by atoms with van der Waals surface area (Å²) in [6.07, 6.45) is 4.94. The normalized spacial score (nSPS) is 24.7. The van der Waals surface area contributed by atoms with Crippen molar-refractivity contribution in [2.75, 3.05) is 17.3 Å². The highest BCUT2D eigenvalue weighted by molar-refractivity contribution is 9.10. The Hall–Kier alpha value is -1.36. The van der Waals surface area contributed by atoms with Gasteiger partial charge < -0.3 is 10.2 Å². The molecular weight excluding hydrogens is 332 g/mol. The van der Waals surface area contributed by atoms with Gasteiger partial charge in [-0.25, -0.2) is 0 Å². The van der Waals surface area contributed by atoms with Gasteiger partial charge in [-0.05, 0) is 46.8 Å². The van der Waals surface area contributed by atoms with E-state index in [0.717, 1.165) is 16.1 Å². The maximum Gasteiger partial charge on any atom is 0.296 e. The minimum atomic E-state index is -0.539. The molecule has 21 heavy (non-hydrogen) atoms. The van der Waals surface area contributed by atoms with Gasteiger partial charge in [-0.15, -0.1) is 0 Å². The molecule has 2 unspecified atom stereocenters. The minimum Gasteiger partial charge on any atom is -0.371 e. The van der Waals surface area contributed by atoms with E-state index in [9.17, 15) is 9.59 Å². The topological polar surface area (TPSA) is 49.4 Å². The quantitative estimate of drug-likeness (QED) is 0.829. The standard InChI is InChI=1S/C16H19BrN2O2/c1-9-4-3-5-10(6-9)19(2)14-8-13-11(7-12(14)17)15(20)16(21)18-13/h7-10H,3-6H2,1-2H3,(H,18,20,21). The fourth-order valence-corrected chi connectivity index (χ4v) is 4.00. The van der Waals surface area contributed by atoms with Crippen molar-refractivity contribution in [2.24, 2.45) is 5.92 Å². The number of amides is 1. The van der Waals surface area contributed by atoms with Gasteiger partial charge in [-0.1, -0.05) is 19.8 Å². The van der Waals surface area contributed by atoms with E-state index >= 15 is 0 Å². The number of halogens is 1. The molecule has 1 aromatic carbocycles. The molecular formula is C16H19BrN2O2. The largest absolute Gasteiger partial charge is 0.371 e. The number of hydrogen-bond acceptors (Lipinski definition) is 3. The van der Waals surface area contributed by atoms with Gasteiger partial charge in [0.1, 0.15) is 0 Å². The van der Waals surface area contributed by atoms with Crippen LogP contribution in [0.5, 0.6) is 0 Å². The Morgan fingerprint density at radius 1 is 1.29 bits per heavy atom. The highest BCUT2D eigenvalue weighted by Crippen LogP contribution is 2.38. The molecule has 1 fully saturated rings. The van der Waals surface area contributed by atoms with Crippen molar-refractivity contribution in [3.63, 3.8) is 0 Å². The molecule has 1 heterocycles. The third-order valence-electron chi connectivity index (χ3n) is 4.62. The maximum absolute atomic E-state index is 11.7. The molecule has 2 atom stereocenters. The monoisotopic (exact) mass is 350 g/mol. The molecule has 0 spiro atoms. The summed E-state index contributed by atoms with van der Waals surface area (Å²) in [4.78, 5) is 25.5. The summed E-state index contributed by atoms with van der Waals surface area (Å²) < 4.78 is 0.867. The van der Waals surface area contributed by atoms with Crippen LogP contribution in [0, 0.1) is 5.92 Å². The average Bonchev–Trinajstić information content (AvgIpc) is 2.73. The molecule has 112 valence electrons. The van der Waals surface area contributed by atoms with Crippen molar-refractivity contribution in [3.05, 3.63) is 22.2 Å². The van der Waals surface area contributed by atoms with E-state index in [4.69, 9.17) is 0 Å². The number of carbonyl (C=O) groups is 2. The summed E-state index contributed by atoms with van der Waals surface area (Å²) in [6, 6.07) is 4.17. The molecule has 1 aliphatic carbocycles. The molecule has 0 aromatic heterocycles. The molecule has 4 nitrogen and oxygen atoms in total. The Morgan fingerprint density at radius 2 is 2.05 bits per heavy atom. The lowest BCUT2D eigenvalue weighted by Gasteiger charge is -2.36. The molecule has 2 aliphatic rings. The Morgan fingerprint density at radius 3 is 2.76 bits per heavy atom. The SMILES string of the molecule is CC1CCCC(N(C)c2cc3c(cc2Br)C(=O)C(=O)N3)C1. The van der Waals surface area contributed by atoms with Crippen molar-refractivity contribution in [3.8, 4) is 0 Å². The maximum atomic E-state index is 11.7. The highest BCUT2D eigenvalue weighted by Gasteiger charge is 2.31. The first-order chi connectivity index (χ1) is 9.97. The molecule has 0 bridgehead atoms. The second-order valence-corrected chi connectivity index (χ2v) is 7.02. The van der Waals surface area contributed by atoms with Gasteiger partial charge in [0.2, 0.25) is 0 Å². The van der Waals surface area contributed by atoms with E-state index < -0.39 is 11.7 Å². The zero-order valence-corrected chi connectivity index (χ0v) is 13.9. The van der Waals surface area contributed by atoms with E-state index in [1.807, 2.05) is 6.07 Å². The summed E-state index contributed by atoms with van der Waals surface area (Å²) in [6.45, 7) is 2.30.